The Balaban J connectivity index is 0.000000173. The molecule has 0 bridgehead atoms. The maximum atomic E-state index is 13.2. The van der Waals surface area contributed by atoms with Crippen molar-refractivity contribution in [2.24, 2.45) is 0 Å². The Morgan fingerprint density at radius 3 is 1.46 bits per heavy atom. The topological polar surface area (TPSA) is 57.2 Å². The maximum absolute atomic E-state index is 13.2. The van der Waals surface area contributed by atoms with E-state index in [-0.39, 0.29) is 16.5 Å². The number of rotatable bonds is 6. The fourth-order valence-corrected chi connectivity index (χ4v) is 6.27. The molecule has 5 rings (SSSR count). The highest BCUT2D eigenvalue weighted by atomic mass is 32.2. The molecule has 0 atom stereocenters. The predicted octanol–water partition coefficient (Wildman–Crippen LogP) is 7.30. The van der Waals surface area contributed by atoms with E-state index in [1.54, 1.807) is 36.4 Å². The molecule has 0 aliphatic carbocycles. The molecule has 7 heteroatoms. The van der Waals surface area contributed by atoms with Crippen LogP contribution in [-0.4, -0.2) is 18.2 Å². The smallest absolute Gasteiger partial charge is 0.338 e. The van der Waals surface area contributed by atoms with Crippen LogP contribution in [0.1, 0.15) is 5.56 Å². The minimum absolute atomic E-state index is 0.0146. The normalized spacial score (nSPS) is 11.7. The van der Waals surface area contributed by atoms with Gasteiger partial charge in [-0.3, -0.25) is 0 Å². The first kappa shape index (κ1) is 26.5. The van der Waals surface area contributed by atoms with Crippen LogP contribution >= 0.6 is 0 Å². The monoisotopic (exact) mass is 534 g/mol. The van der Waals surface area contributed by atoms with E-state index in [1.165, 1.54) is 20.8 Å². The van der Waals surface area contributed by atoms with E-state index in [2.05, 4.69) is 91.0 Å². The first-order chi connectivity index (χ1) is 17.8. The molecule has 0 radical (unpaired) electrons. The van der Waals surface area contributed by atoms with Crippen LogP contribution in [-0.2, 0) is 27.4 Å². The third-order valence-electron chi connectivity index (χ3n) is 5.58. The third kappa shape index (κ3) is 6.63. The predicted molar refractivity (Wildman–Crippen MR) is 144 cm³/mol. The van der Waals surface area contributed by atoms with E-state index in [1.807, 2.05) is 0 Å². The average molecular weight is 535 g/mol. The molecule has 188 valence electrons. The SMILES string of the molecule is O=S(=O)([O-])C(F)(F)Cc1cccc2ccccc12.c1ccc([S+](c2ccccc2)c2ccccc2)cc1. The van der Waals surface area contributed by atoms with Crippen molar-refractivity contribution < 1.29 is 21.8 Å². The van der Waals surface area contributed by atoms with Gasteiger partial charge in [-0.15, -0.1) is 0 Å². The van der Waals surface area contributed by atoms with Gasteiger partial charge in [0.1, 0.15) is 0 Å². The first-order valence-electron chi connectivity index (χ1n) is 11.5. The molecule has 0 fully saturated rings. The van der Waals surface area contributed by atoms with Crippen LogP contribution in [0.2, 0.25) is 0 Å². The molecule has 37 heavy (non-hydrogen) atoms. The summed E-state index contributed by atoms with van der Waals surface area (Å²) in [5, 5.41) is -3.06. The van der Waals surface area contributed by atoms with E-state index in [0.717, 1.165) is 0 Å². The second-order valence-electron chi connectivity index (χ2n) is 8.15. The molecule has 0 heterocycles. The number of benzene rings is 5. The highest BCUT2D eigenvalue weighted by Gasteiger charge is 2.38. The van der Waals surface area contributed by atoms with Gasteiger partial charge in [0.05, 0.1) is 17.3 Å². The Morgan fingerprint density at radius 2 is 1.00 bits per heavy atom. The van der Waals surface area contributed by atoms with E-state index in [4.69, 9.17) is 0 Å². The Labute approximate surface area is 218 Å². The zero-order valence-electron chi connectivity index (χ0n) is 19.7. The molecule has 5 aromatic carbocycles. The lowest BCUT2D eigenvalue weighted by atomic mass is 10.0. The van der Waals surface area contributed by atoms with Gasteiger partial charge < -0.3 is 4.55 Å². The van der Waals surface area contributed by atoms with Gasteiger partial charge >= 0.3 is 5.25 Å². The Kier molecular flexibility index (Phi) is 8.38. The standard InChI is InChI=1S/C18H15S.C12H10F2O3S/c1-4-10-16(11-5-1)19(17-12-6-2-7-13-17)18-14-8-3-9-15-18;13-12(14,18(15,16)17)8-10-6-3-5-9-4-1-2-7-11(9)10/h1-15H;1-7H,8H2,(H,15,16,17)/q+1;/p-1. The lowest BCUT2D eigenvalue weighted by molar-refractivity contribution is 0.0803. The molecule has 0 saturated heterocycles. The molecule has 3 nitrogen and oxygen atoms in total. The lowest BCUT2D eigenvalue weighted by Gasteiger charge is -2.20. The van der Waals surface area contributed by atoms with Crippen molar-refractivity contribution in [2.45, 2.75) is 26.4 Å². The third-order valence-corrected chi connectivity index (χ3v) is 8.69. The second kappa shape index (κ2) is 11.7. The van der Waals surface area contributed by atoms with Crippen molar-refractivity contribution in [3.8, 4) is 0 Å². The van der Waals surface area contributed by atoms with Gasteiger partial charge in [0, 0.05) is 0 Å². The first-order valence-corrected chi connectivity index (χ1v) is 14.1. The largest absolute Gasteiger partial charge is 0.743 e. The minimum Gasteiger partial charge on any atom is -0.743 e. The summed E-state index contributed by atoms with van der Waals surface area (Å²) >= 11 is 0. The number of halogens is 2. The van der Waals surface area contributed by atoms with Gasteiger partial charge in [-0.1, -0.05) is 97.1 Å². The molecular weight excluding hydrogens is 510 g/mol. The summed E-state index contributed by atoms with van der Waals surface area (Å²) in [6.07, 6.45) is -1.11. The van der Waals surface area contributed by atoms with Gasteiger partial charge in [-0.05, 0) is 52.7 Å². The van der Waals surface area contributed by atoms with Crippen molar-refractivity contribution >= 4 is 31.8 Å². The fraction of sp³-hybridized carbons (Fsp3) is 0.0667. The molecule has 0 aliphatic rings. The second-order valence-corrected chi connectivity index (χ2v) is 11.7. The van der Waals surface area contributed by atoms with Crippen molar-refractivity contribution in [3.05, 3.63) is 139 Å². The van der Waals surface area contributed by atoms with Crippen LogP contribution in [0.4, 0.5) is 8.78 Å². The molecule has 0 amide bonds. The highest BCUT2D eigenvalue weighted by Crippen LogP contribution is 2.31. The van der Waals surface area contributed by atoms with Crippen molar-refractivity contribution in [1.29, 1.82) is 0 Å². The number of hydrogen-bond donors (Lipinski definition) is 0. The lowest BCUT2D eigenvalue weighted by Crippen LogP contribution is -2.30. The summed E-state index contributed by atoms with van der Waals surface area (Å²) in [5.41, 5.74) is 0.137. The molecule has 0 N–H and O–H groups in total. The van der Waals surface area contributed by atoms with Gasteiger partial charge in [0.2, 0.25) is 0 Å². The Morgan fingerprint density at radius 1 is 0.595 bits per heavy atom. The van der Waals surface area contributed by atoms with Crippen LogP contribution in [0.3, 0.4) is 0 Å². The number of fused-ring (bicyclic) bond motifs is 1. The number of hydrogen-bond acceptors (Lipinski definition) is 3. The summed E-state index contributed by atoms with van der Waals surface area (Å²) in [6, 6.07) is 43.6. The molecule has 0 spiro atoms. The summed E-state index contributed by atoms with van der Waals surface area (Å²) in [5.74, 6) is 0. The highest BCUT2D eigenvalue weighted by molar-refractivity contribution is 7.97. The van der Waals surface area contributed by atoms with Crippen LogP contribution in [0.25, 0.3) is 10.8 Å². The molecule has 0 aromatic heterocycles. The molecule has 5 aromatic rings. The molecular formula is C30H24F2O3S2. The zero-order chi connectivity index (χ0) is 26.3. The van der Waals surface area contributed by atoms with Crippen molar-refractivity contribution in [2.75, 3.05) is 0 Å². The quantitative estimate of drug-likeness (QED) is 0.170. The van der Waals surface area contributed by atoms with Crippen molar-refractivity contribution in [3.63, 3.8) is 0 Å². The summed E-state index contributed by atoms with van der Waals surface area (Å²) in [6.45, 7) is 0. The maximum Gasteiger partial charge on any atom is 0.338 e. The fourth-order valence-electron chi connectivity index (χ4n) is 3.83. The van der Waals surface area contributed by atoms with E-state index in [0.29, 0.717) is 10.8 Å². The summed E-state index contributed by atoms with van der Waals surface area (Å²) in [4.78, 5) is 4.08. The minimum atomic E-state index is -5.65. The van der Waals surface area contributed by atoms with E-state index < -0.39 is 21.8 Å². The van der Waals surface area contributed by atoms with Crippen molar-refractivity contribution in [1.82, 2.24) is 0 Å². The summed E-state index contributed by atoms with van der Waals surface area (Å²) < 4.78 is 58.0. The Hall–Kier alpha value is -3.52. The zero-order valence-corrected chi connectivity index (χ0v) is 21.3. The van der Waals surface area contributed by atoms with Gasteiger partial charge in [-0.25, -0.2) is 8.42 Å². The van der Waals surface area contributed by atoms with E-state index in [9.17, 15) is 21.8 Å². The van der Waals surface area contributed by atoms with Crippen LogP contribution < -0.4 is 0 Å². The molecule has 0 aliphatic heterocycles. The van der Waals surface area contributed by atoms with Crippen LogP contribution in [0, 0.1) is 0 Å². The average Bonchev–Trinajstić information content (AvgIpc) is 2.91. The molecule has 0 unspecified atom stereocenters. The van der Waals surface area contributed by atoms with Gasteiger partial charge in [0.25, 0.3) is 0 Å². The molecule has 0 saturated carbocycles. The van der Waals surface area contributed by atoms with Gasteiger partial charge in [0.15, 0.2) is 24.8 Å². The number of alkyl halides is 2. The van der Waals surface area contributed by atoms with Crippen LogP contribution in [0.15, 0.2) is 148 Å². The van der Waals surface area contributed by atoms with Crippen LogP contribution in [0.5, 0.6) is 0 Å². The summed E-state index contributed by atoms with van der Waals surface area (Å²) in [7, 11) is -5.67. The van der Waals surface area contributed by atoms with E-state index >= 15 is 0 Å². The van der Waals surface area contributed by atoms with Gasteiger partial charge in [-0.2, -0.15) is 8.78 Å². The Bertz CT molecular complexity index is 1440.